The Kier molecular flexibility index (Phi) is 6.82. The monoisotopic (exact) mass is 349 g/mol. The smallest absolute Gasteiger partial charge is 0.226 e. The van der Waals surface area contributed by atoms with Crippen molar-refractivity contribution < 1.29 is 9.53 Å². The average molecular weight is 350 g/mol. The van der Waals surface area contributed by atoms with Gasteiger partial charge in [0.05, 0.1) is 10.9 Å². The normalized spacial score (nSPS) is 17.0. The van der Waals surface area contributed by atoms with E-state index in [2.05, 4.69) is 24.2 Å². The summed E-state index contributed by atoms with van der Waals surface area (Å²) in [5.41, 5.74) is 6.35. The number of benzene rings is 1. The number of aliphatic imine (C=N–C) groups is 1. The van der Waals surface area contributed by atoms with Gasteiger partial charge in [-0.1, -0.05) is 31.5 Å². The molecule has 3 N–H and O–H groups in total. The van der Waals surface area contributed by atoms with E-state index in [0.717, 1.165) is 25.1 Å². The van der Waals surface area contributed by atoms with Gasteiger partial charge in [-0.3, -0.25) is 4.79 Å². The molecule has 2 rings (SSSR count). The second-order valence-corrected chi connectivity index (χ2v) is 6.70. The highest BCUT2D eigenvalue weighted by Gasteiger charge is 2.16. The number of halogens is 1. The van der Waals surface area contributed by atoms with Crippen molar-refractivity contribution in [3.63, 3.8) is 0 Å². The minimum absolute atomic E-state index is 0.368. The van der Waals surface area contributed by atoms with E-state index in [1.54, 1.807) is 6.08 Å². The SMILES string of the molecule is CC(C)CCNCc1ccc(OC2=CCC(C(N)=O)C=N2)c(Cl)c1. The van der Waals surface area contributed by atoms with Crippen molar-refractivity contribution in [2.75, 3.05) is 6.54 Å². The van der Waals surface area contributed by atoms with Crippen molar-refractivity contribution in [1.29, 1.82) is 0 Å². The molecule has 1 aliphatic rings. The molecular formula is C18H24ClN3O2. The molecule has 1 amide bonds. The summed E-state index contributed by atoms with van der Waals surface area (Å²) in [6.07, 6.45) is 4.89. The summed E-state index contributed by atoms with van der Waals surface area (Å²) in [6.45, 7) is 6.17. The predicted molar refractivity (Wildman–Crippen MR) is 97.1 cm³/mol. The van der Waals surface area contributed by atoms with Crippen LogP contribution in [0.5, 0.6) is 5.75 Å². The van der Waals surface area contributed by atoms with Crippen molar-refractivity contribution in [2.24, 2.45) is 22.6 Å². The van der Waals surface area contributed by atoms with Crippen LogP contribution in [0, 0.1) is 11.8 Å². The maximum Gasteiger partial charge on any atom is 0.226 e. The number of carbonyl (C=O) groups excluding carboxylic acids is 1. The van der Waals surface area contributed by atoms with E-state index in [1.165, 1.54) is 6.21 Å². The molecule has 130 valence electrons. The van der Waals surface area contributed by atoms with Gasteiger partial charge in [0.2, 0.25) is 11.8 Å². The number of allylic oxidation sites excluding steroid dienone is 1. The molecule has 0 saturated heterocycles. The van der Waals surface area contributed by atoms with Crippen molar-refractivity contribution in [3.05, 3.63) is 40.7 Å². The number of rotatable bonds is 8. The molecule has 0 spiro atoms. The molecule has 0 radical (unpaired) electrons. The van der Waals surface area contributed by atoms with E-state index >= 15 is 0 Å². The molecule has 1 aromatic rings. The van der Waals surface area contributed by atoms with E-state index in [4.69, 9.17) is 22.1 Å². The lowest BCUT2D eigenvalue weighted by Crippen LogP contribution is -2.25. The highest BCUT2D eigenvalue weighted by atomic mass is 35.5. The third kappa shape index (κ3) is 5.65. The standard InChI is InChI=1S/C18H24ClN3O2/c1-12(2)7-8-21-10-13-3-5-16(15(19)9-13)24-17-6-4-14(11-22-17)18(20)23/h3,5-6,9,11-12,14,21H,4,7-8,10H2,1-2H3,(H2,20,23). The molecular weight excluding hydrogens is 326 g/mol. The Hall–Kier alpha value is -1.85. The number of hydrogen-bond donors (Lipinski definition) is 2. The van der Waals surface area contributed by atoms with Crippen molar-refractivity contribution in [1.82, 2.24) is 5.32 Å². The summed E-state index contributed by atoms with van der Waals surface area (Å²) < 4.78 is 5.68. The van der Waals surface area contributed by atoms with Gasteiger partial charge >= 0.3 is 0 Å². The number of amides is 1. The van der Waals surface area contributed by atoms with Crippen LogP contribution in [-0.2, 0) is 11.3 Å². The van der Waals surface area contributed by atoms with E-state index in [0.29, 0.717) is 29.0 Å². The maximum atomic E-state index is 11.1. The zero-order chi connectivity index (χ0) is 17.5. The van der Waals surface area contributed by atoms with Crippen molar-refractivity contribution >= 4 is 23.7 Å². The van der Waals surface area contributed by atoms with E-state index in [-0.39, 0.29) is 11.8 Å². The third-order valence-corrected chi connectivity index (χ3v) is 4.03. The van der Waals surface area contributed by atoms with Gasteiger partial charge < -0.3 is 15.8 Å². The van der Waals surface area contributed by atoms with Gasteiger partial charge in [0, 0.05) is 12.8 Å². The van der Waals surface area contributed by atoms with Gasteiger partial charge in [-0.05, 0) is 49.1 Å². The van der Waals surface area contributed by atoms with Crippen LogP contribution in [-0.4, -0.2) is 18.7 Å². The molecule has 0 aliphatic carbocycles. The molecule has 1 atom stereocenters. The molecule has 0 saturated carbocycles. The zero-order valence-electron chi connectivity index (χ0n) is 14.1. The average Bonchev–Trinajstić information content (AvgIpc) is 2.54. The second-order valence-electron chi connectivity index (χ2n) is 6.29. The molecule has 1 aromatic carbocycles. The Labute approximate surface area is 147 Å². The molecule has 1 aliphatic heterocycles. The van der Waals surface area contributed by atoms with Gasteiger partial charge in [-0.15, -0.1) is 0 Å². The van der Waals surface area contributed by atoms with E-state index < -0.39 is 0 Å². The quantitative estimate of drug-likeness (QED) is 0.707. The highest BCUT2D eigenvalue weighted by molar-refractivity contribution is 6.32. The molecule has 0 aromatic heterocycles. The molecule has 0 bridgehead atoms. The van der Waals surface area contributed by atoms with Crippen LogP contribution in [0.15, 0.2) is 35.2 Å². The summed E-state index contributed by atoms with van der Waals surface area (Å²) in [6, 6.07) is 5.69. The van der Waals surface area contributed by atoms with Crippen LogP contribution in [0.1, 0.15) is 32.3 Å². The van der Waals surface area contributed by atoms with Crippen LogP contribution >= 0.6 is 11.6 Å². The minimum atomic E-state index is -0.388. The van der Waals surface area contributed by atoms with Crippen LogP contribution < -0.4 is 15.8 Å². The van der Waals surface area contributed by atoms with E-state index in [9.17, 15) is 4.79 Å². The zero-order valence-corrected chi connectivity index (χ0v) is 14.8. The Morgan fingerprint density at radius 1 is 1.50 bits per heavy atom. The lowest BCUT2D eigenvalue weighted by atomic mass is 10.1. The van der Waals surface area contributed by atoms with Gasteiger partial charge in [-0.2, -0.15) is 0 Å². The van der Waals surface area contributed by atoms with Crippen LogP contribution in [0.3, 0.4) is 0 Å². The number of ether oxygens (including phenoxy) is 1. The van der Waals surface area contributed by atoms with Crippen LogP contribution in [0.2, 0.25) is 5.02 Å². The molecule has 0 fully saturated rings. The van der Waals surface area contributed by atoms with Gasteiger partial charge in [0.25, 0.3) is 0 Å². The Morgan fingerprint density at radius 3 is 2.88 bits per heavy atom. The van der Waals surface area contributed by atoms with Crippen LogP contribution in [0.25, 0.3) is 0 Å². The fraction of sp³-hybridized carbons (Fsp3) is 0.444. The highest BCUT2D eigenvalue weighted by Crippen LogP contribution is 2.28. The van der Waals surface area contributed by atoms with Crippen molar-refractivity contribution in [2.45, 2.75) is 33.2 Å². The maximum absolute atomic E-state index is 11.1. The fourth-order valence-electron chi connectivity index (χ4n) is 2.24. The first-order chi connectivity index (χ1) is 11.5. The number of nitrogens with one attached hydrogen (secondary N) is 1. The minimum Gasteiger partial charge on any atom is -0.438 e. The summed E-state index contributed by atoms with van der Waals surface area (Å²) in [5, 5.41) is 3.93. The predicted octanol–water partition coefficient (Wildman–Crippen LogP) is 3.27. The largest absolute Gasteiger partial charge is 0.438 e. The first-order valence-corrected chi connectivity index (χ1v) is 8.54. The number of primary amides is 1. The topological polar surface area (TPSA) is 76.7 Å². The van der Waals surface area contributed by atoms with E-state index in [1.807, 2.05) is 18.2 Å². The Bertz CT molecular complexity index is 641. The van der Waals surface area contributed by atoms with Crippen LogP contribution in [0.4, 0.5) is 0 Å². The summed E-state index contributed by atoms with van der Waals surface area (Å²) in [4.78, 5) is 15.2. The summed E-state index contributed by atoms with van der Waals surface area (Å²) in [5.74, 6) is 0.907. The lowest BCUT2D eigenvalue weighted by molar-refractivity contribution is -0.119. The number of hydrogen-bond acceptors (Lipinski definition) is 4. The first-order valence-electron chi connectivity index (χ1n) is 8.16. The van der Waals surface area contributed by atoms with Crippen molar-refractivity contribution in [3.8, 4) is 5.75 Å². The van der Waals surface area contributed by atoms with Gasteiger partial charge in [-0.25, -0.2) is 4.99 Å². The lowest BCUT2D eigenvalue weighted by Gasteiger charge is -2.14. The first kappa shape index (κ1) is 18.5. The van der Waals surface area contributed by atoms with Gasteiger partial charge in [0.1, 0.15) is 5.75 Å². The molecule has 1 unspecified atom stereocenters. The molecule has 6 heteroatoms. The number of carbonyl (C=O) groups is 1. The summed E-state index contributed by atoms with van der Waals surface area (Å²) >= 11 is 6.29. The summed E-state index contributed by atoms with van der Waals surface area (Å²) in [7, 11) is 0. The number of nitrogens with zero attached hydrogens (tertiary/aromatic N) is 1. The molecule has 24 heavy (non-hydrogen) atoms. The Balaban J connectivity index is 1.89. The van der Waals surface area contributed by atoms with Gasteiger partial charge in [0.15, 0.2) is 0 Å². The fourth-order valence-corrected chi connectivity index (χ4v) is 2.48. The second kappa shape index (κ2) is 8.85. The molecule has 1 heterocycles. The third-order valence-electron chi connectivity index (χ3n) is 3.73. The molecule has 5 nitrogen and oxygen atoms in total. The Morgan fingerprint density at radius 2 is 2.29 bits per heavy atom. The number of nitrogens with two attached hydrogens (primary N) is 1.